The summed E-state index contributed by atoms with van der Waals surface area (Å²) in [5, 5.41) is -0.359. The zero-order valence-electron chi connectivity index (χ0n) is 10.9. The van der Waals surface area contributed by atoms with Gasteiger partial charge in [-0.05, 0) is 33.1 Å². The van der Waals surface area contributed by atoms with Gasteiger partial charge in [-0.1, -0.05) is 19.3 Å². The minimum Gasteiger partial charge on any atom is -0.378 e. The summed E-state index contributed by atoms with van der Waals surface area (Å²) in [6.45, 7) is 4.50. The van der Waals surface area contributed by atoms with Crippen LogP contribution in [0.3, 0.4) is 0 Å². The molecule has 0 unspecified atom stereocenters. The maximum atomic E-state index is 11.4. The topological polar surface area (TPSA) is 55.4 Å². The third kappa shape index (κ3) is 5.84. The van der Waals surface area contributed by atoms with Gasteiger partial charge in [0.2, 0.25) is 10.0 Å². The van der Waals surface area contributed by atoms with Crippen LogP contribution in [-0.2, 0) is 14.8 Å². The van der Waals surface area contributed by atoms with Gasteiger partial charge in [0.1, 0.15) is 0 Å². The maximum absolute atomic E-state index is 11.4. The highest BCUT2D eigenvalue weighted by molar-refractivity contribution is 7.90. The van der Waals surface area contributed by atoms with Gasteiger partial charge < -0.3 is 4.74 Å². The molecule has 5 heteroatoms. The Kier molecular flexibility index (Phi) is 6.44. The molecular formula is C12H25NO3S. The van der Waals surface area contributed by atoms with Crippen LogP contribution in [0.4, 0.5) is 0 Å². The largest absolute Gasteiger partial charge is 0.378 e. The number of hydrogen-bond acceptors (Lipinski definition) is 3. The lowest BCUT2D eigenvalue weighted by Crippen LogP contribution is -2.32. The summed E-state index contributed by atoms with van der Waals surface area (Å²) in [7, 11) is -3.11. The molecule has 0 aromatic heterocycles. The summed E-state index contributed by atoms with van der Waals surface area (Å²) in [4.78, 5) is 0. The molecule has 1 aliphatic rings. The van der Waals surface area contributed by atoms with Crippen LogP contribution in [0.1, 0.15) is 52.4 Å². The Hall–Kier alpha value is -0.130. The number of sulfonamides is 1. The third-order valence-electron chi connectivity index (χ3n) is 3.15. The summed E-state index contributed by atoms with van der Waals surface area (Å²) in [6, 6.07) is 0. The molecule has 0 amide bonds. The molecule has 4 nitrogen and oxygen atoms in total. The van der Waals surface area contributed by atoms with Crippen molar-refractivity contribution in [2.45, 2.75) is 63.7 Å². The fourth-order valence-corrected chi connectivity index (χ4v) is 2.70. The number of hydrogen-bond donors (Lipinski definition) is 1. The highest BCUT2D eigenvalue weighted by Crippen LogP contribution is 2.20. The summed E-state index contributed by atoms with van der Waals surface area (Å²) in [5.41, 5.74) is 0. The molecule has 1 rings (SSSR count). The van der Waals surface area contributed by atoms with E-state index in [4.69, 9.17) is 4.74 Å². The normalized spacial score (nSPS) is 18.8. The standard InChI is InChI=1S/C12H25NO3S/c1-11(2)17(14,15)13-9-6-10-16-12-7-4-3-5-8-12/h11-13H,3-10H2,1-2H3. The van der Waals surface area contributed by atoms with Crippen LogP contribution in [-0.4, -0.2) is 32.9 Å². The second-order valence-corrected chi connectivity index (χ2v) is 7.29. The van der Waals surface area contributed by atoms with Crippen LogP contribution >= 0.6 is 0 Å². The lowest BCUT2D eigenvalue weighted by Gasteiger charge is -2.22. The van der Waals surface area contributed by atoms with E-state index in [0.717, 1.165) is 19.3 Å². The van der Waals surface area contributed by atoms with Crippen molar-refractivity contribution in [3.05, 3.63) is 0 Å². The first-order valence-corrected chi connectivity index (χ1v) is 8.17. The van der Waals surface area contributed by atoms with Crippen molar-refractivity contribution >= 4 is 10.0 Å². The third-order valence-corrected chi connectivity index (χ3v) is 5.00. The number of rotatable bonds is 7. The predicted octanol–water partition coefficient (Wildman–Crippen LogP) is 2.05. The Morgan fingerprint density at radius 1 is 1.24 bits per heavy atom. The fraction of sp³-hybridized carbons (Fsp3) is 1.00. The van der Waals surface area contributed by atoms with Crippen molar-refractivity contribution in [2.24, 2.45) is 0 Å². The smallest absolute Gasteiger partial charge is 0.213 e. The minimum absolute atomic E-state index is 0.359. The number of nitrogens with one attached hydrogen (secondary N) is 1. The van der Waals surface area contributed by atoms with Crippen molar-refractivity contribution in [1.82, 2.24) is 4.72 Å². The highest BCUT2D eigenvalue weighted by Gasteiger charge is 2.15. The van der Waals surface area contributed by atoms with Gasteiger partial charge in [0.25, 0.3) is 0 Å². The van der Waals surface area contributed by atoms with Crippen LogP contribution in [0.25, 0.3) is 0 Å². The van der Waals surface area contributed by atoms with E-state index >= 15 is 0 Å². The molecule has 1 saturated carbocycles. The quantitative estimate of drug-likeness (QED) is 0.715. The van der Waals surface area contributed by atoms with Crippen molar-refractivity contribution in [3.63, 3.8) is 0 Å². The molecule has 0 spiro atoms. The van der Waals surface area contributed by atoms with Crippen molar-refractivity contribution in [2.75, 3.05) is 13.2 Å². The average Bonchev–Trinajstić information content (AvgIpc) is 2.29. The van der Waals surface area contributed by atoms with Gasteiger partial charge in [0.15, 0.2) is 0 Å². The fourth-order valence-electron chi connectivity index (χ4n) is 1.94. The van der Waals surface area contributed by atoms with Crippen LogP contribution in [0.15, 0.2) is 0 Å². The van der Waals surface area contributed by atoms with Gasteiger partial charge in [-0.25, -0.2) is 13.1 Å². The van der Waals surface area contributed by atoms with Gasteiger partial charge in [-0.3, -0.25) is 0 Å². The molecule has 0 saturated heterocycles. The second-order valence-electron chi connectivity index (χ2n) is 4.97. The van der Waals surface area contributed by atoms with Crippen molar-refractivity contribution in [1.29, 1.82) is 0 Å². The summed E-state index contributed by atoms with van der Waals surface area (Å²) >= 11 is 0. The zero-order chi connectivity index (χ0) is 12.7. The maximum Gasteiger partial charge on any atom is 0.213 e. The van der Waals surface area contributed by atoms with Gasteiger partial charge in [0, 0.05) is 13.2 Å². The molecule has 0 bridgehead atoms. The zero-order valence-corrected chi connectivity index (χ0v) is 11.8. The molecule has 102 valence electrons. The van der Waals surface area contributed by atoms with Gasteiger partial charge in [0.05, 0.1) is 11.4 Å². The molecule has 1 fully saturated rings. The van der Waals surface area contributed by atoms with Crippen LogP contribution in [0.2, 0.25) is 0 Å². The summed E-state index contributed by atoms with van der Waals surface area (Å²) in [5.74, 6) is 0. The van der Waals surface area contributed by atoms with Crippen LogP contribution in [0.5, 0.6) is 0 Å². The Labute approximate surface area is 105 Å². The predicted molar refractivity (Wildman–Crippen MR) is 69.5 cm³/mol. The van der Waals surface area contributed by atoms with E-state index in [-0.39, 0.29) is 5.25 Å². The first-order valence-electron chi connectivity index (χ1n) is 6.62. The van der Waals surface area contributed by atoms with Gasteiger partial charge >= 0.3 is 0 Å². The molecular weight excluding hydrogens is 238 g/mol. The van der Waals surface area contributed by atoms with Crippen LogP contribution < -0.4 is 4.72 Å². The molecule has 0 aromatic rings. The Bertz CT molecular complexity index is 295. The highest BCUT2D eigenvalue weighted by atomic mass is 32.2. The van der Waals surface area contributed by atoms with E-state index in [1.54, 1.807) is 13.8 Å². The summed E-state index contributed by atoms with van der Waals surface area (Å²) < 4.78 is 31.2. The van der Waals surface area contributed by atoms with E-state index in [1.807, 2.05) is 0 Å². The second kappa shape index (κ2) is 7.34. The molecule has 0 radical (unpaired) electrons. The van der Waals surface area contributed by atoms with E-state index in [1.165, 1.54) is 19.3 Å². The SMILES string of the molecule is CC(C)S(=O)(=O)NCCCOC1CCCCC1. The summed E-state index contributed by atoms with van der Waals surface area (Å²) in [6.07, 6.45) is 7.35. The lowest BCUT2D eigenvalue weighted by atomic mass is 9.98. The Balaban J connectivity index is 2.04. The van der Waals surface area contributed by atoms with Crippen molar-refractivity contribution < 1.29 is 13.2 Å². The molecule has 0 heterocycles. The van der Waals surface area contributed by atoms with E-state index in [9.17, 15) is 8.42 Å². The minimum atomic E-state index is -3.11. The molecule has 1 N–H and O–H groups in total. The first kappa shape index (κ1) is 14.9. The molecule has 0 aliphatic heterocycles. The molecule has 17 heavy (non-hydrogen) atoms. The number of ether oxygens (including phenoxy) is 1. The van der Waals surface area contributed by atoms with Crippen molar-refractivity contribution in [3.8, 4) is 0 Å². The lowest BCUT2D eigenvalue weighted by molar-refractivity contribution is 0.0278. The van der Waals surface area contributed by atoms with Gasteiger partial charge in [-0.2, -0.15) is 0 Å². The molecule has 1 aliphatic carbocycles. The monoisotopic (exact) mass is 263 g/mol. The van der Waals surface area contributed by atoms with E-state index in [0.29, 0.717) is 19.3 Å². The Morgan fingerprint density at radius 2 is 1.88 bits per heavy atom. The molecule has 0 aromatic carbocycles. The average molecular weight is 263 g/mol. The van der Waals surface area contributed by atoms with Gasteiger partial charge in [-0.15, -0.1) is 0 Å². The first-order chi connectivity index (χ1) is 8.02. The van der Waals surface area contributed by atoms with E-state index in [2.05, 4.69) is 4.72 Å². The Morgan fingerprint density at radius 3 is 2.47 bits per heavy atom. The van der Waals surface area contributed by atoms with E-state index < -0.39 is 10.0 Å². The molecule has 0 atom stereocenters. The van der Waals surface area contributed by atoms with Crippen LogP contribution in [0, 0.1) is 0 Å².